The molecule has 1 aliphatic rings. The number of β-amino-alcohol motifs (C(OH)–C–C–N with tert-alkyl or cyclic N) is 1. The van der Waals surface area contributed by atoms with Crippen molar-refractivity contribution in [3.8, 4) is 0 Å². The lowest BCUT2D eigenvalue weighted by Crippen LogP contribution is -2.40. The number of benzene rings is 1. The van der Waals surface area contributed by atoms with Gasteiger partial charge in [0.05, 0.1) is 12.1 Å². The second kappa shape index (κ2) is 11.7. The fourth-order valence-electron chi connectivity index (χ4n) is 2.79. The van der Waals surface area contributed by atoms with Gasteiger partial charge in [-0.15, -0.1) is 24.8 Å². The van der Waals surface area contributed by atoms with E-state index in [2.05, 4.69) is 41.5 Å². The summed E-state index contributed by atoms with van der Waals surface area (Å²) in [6.07, 6.45) is 0.0816. The Bertz CT molecular complexity index is 498. The topological polar surface area (TPSA) is 64.6 Å². The van der Waals surface area contributed by atoms with Gasteiger partial charge in [-0.1, -0.05) is 38.1 Å². The molecule has 0 aliphatic carbocycles. The van der Waals surface area contributed by atoms with Crippen LogP contribution in [0.4, 0.5) is 0 Å². The zero-order chi connectivity index (χ0) is 15.9. The number of amides is 1. The molecular weight excluding hydrogens is 349 g/mol. The van der Waals surface area contributed by atoms with Crippen LogP contribution in [0.2, 0.25) is 0 Å². The molecule has 0 bridgehead atoms. The molecule has 5 nitrogen and oxygen atoms in total. The zero-order valence-electron chi connectivity index (χ0n) is 14.3. The lowest BCUT2D eigenvalue weighted by Gasteiger charge is -2.20. The van der Waals surface area contributed by atoms with Crippen molar-refractivity contribution < 1.29 is 9.90 Å². The number of rotatable bonds is 7. The van der Waals surface area contributed by atoms with Gasteiger partial charge in [-0.2, -0.15) is 0 Å². The highest BCUT2D eigenvalue weighted by Crippen LogP contribution is 2.12. The molecule has 24 heavy (non-hydrogen) atoms. The third-order valence-corrected chi connectivity index (χ3v) is 4.28. The van der Waals surface area contributed by atoms with Gasteiger partial charge in [0, 0.05) is 19.6 Å². The Morgan fingerprint density at radius 3 is 2.42 bits per heavy atom. The van der Waals surface area contributed by atoms with Gasteiger partial charge in [0.15, 0.2) is 0 Å². The number of halogens is 2. The molecule has 7 heteroatoms. The van der Waals surface area contributed by atoms with E-state index in [1.165, 1.54) is 5.56 Å². The van der Waals surface area contributed by atoms with Crippen LogP contribution in [-0.4, -0.2) is 47.7 Å². The van der Waals surface area contributed by atoms with Crippen molar-refractivity contribution in [1.82, 2.24) is 15.5 Å². The highest BCUT2D eigenvalue weighted by molar-refractivity contribution is 5.85. The standard InChI is InChI=1S/C17H27N3O2.2ClH/c1-3-20(4-2)12-14-8-6-5-7-13(14)10-19-17(22)16-9-15(21)11-18-16;;/h5-8,15-16,18,21H,3-4,9-12H2,1-2H3,(H,19,22);2*1H. The molecule has 1 aromatic carbocycles. The second-order valence-corrected chi connectivity index (χ2v) is 5.80. The first-order valence-corrected chi connectivity index (χ1v) is 8.12. The predicted molar refractivity (Wildman–Crippen MR) is 102 cm³/mol. The Balaban J connectivity index is 0.00000264. The number of nitrogens with zero attached hydrogens (tertiary/aromatic N) is 1. The molecule has 1 saturated heterocycles. The fourth-order valence-corrected chi connectivity index (χ4v) is 2.79. The highest BCUT2D eigenvalue weighted by Gasteiger charge is 2.27. The van der Waals surface area contributed by atoms with Crippen molar-refractivity contribution in [1.29, 1.82) is 0 Å². The van der Waals surface area contributed by atoms with Gasteiger partial charge in [0.2, 0.25) is 5.91 Å². The molecule has 2 unspecified atom stereocenters. The summed E-state index contributed by atoms with van der Waals surface area (Å²) in [6, 6.07) is 7.96. The van der Waals surface area contributed by atoms with Crippen molar-refractivity contribution in [3.63, 3.8) is 0 Å². The number of hydrogen-bond donors (Lipinski definition) is 3. The monoisotopic (exact) mass is 377 g/mol. The Hall–Kier alpha value is -0.850. The maximum absolute atomic E-state index is 12.1. The van der Waals surface area contributed by atoms with Crippen LogP contribution in [0.25, 0.3) is 0 Å². The van der Waals surface area contributed by atoms with Crippen molar-refractivity contribution in [2.24, 2.45) is 0 Å². The lowest BCUT2D eigenvalue weighted by molar-refractivity contribution is -0.123. The van der Waals surface area contributed by atoms with Gasteiger partial charge < -0.3 is 15.7 Å². The van der Waals surface area contributed by atoms with Crippen LogP contribution in [0.15, 0.2) is 24.3 Å². The van der Waals surface area contributed by atoms with E-state index in [0.29, 0.717) is 19.5 Å². The quantitative estimate of drug-likeness (QED) is 0.676. The molecule has 2 rings (SSSR count). The minimum atomic E-state index is -0.411. The smallest absolute Gasteiger partial charge is 0.237 e. The summed E-state index contributed by atoms with van der Waals surface area (Å²) in [7, 11) is 0. The van der Waals surface area contributed by atoms with Gasteiger partial charge in [-0.3, -0.25) is 9.69 Å². The molecule has 0 saturated carbocycles. The first kappa shape index (κ1) is 23.1. The van der Waals surface area contributed by atoms with Gasteiger partial charge >= 0.3 is 0 Å². The van der Waals surface area contributed by atoms with E-state index < -0.39 is 6.10 Å². The minimum Gasteiger partial charge on any atom is -0.392 e. The van der Waals surface area contributed by atoms with Crippen LogP contribution in [0.5, 0.6) is 0 Å². The molecule has 3 N–H and O–H groups in total. The van der Waals surface area contributed by atoms with E-state index in [1.807, 2.05) is 12.1 Å². The zero-order valence-corrected chi connectivity index (χ0v) is 16.0. The molecule has 1 aliphatic heterocycles. The lowest BCUT2D eigenvalue weighted by atomic mass is 10.1. The first-order chi connectivity index (χ1) is 10.6. The van der Waals surface area contributed by atoms with E-state index >= 15 is 0 Å². The van der Waals surface area contributed by atoms with Crippen molar-refractivity contribution in [3.05, 3.63) is 35.4 Å². The normalized spacial score (nSPS) is 19.5. The molecular formula is C17H29Cl2N3O2. The summed E-state index contributed by atoms with van der Waals surface area (Å²) in [4.78, 5) is 14.5. The third-order valence-electron chi connectivity index (χ3n) is 4.28. The van der Waals surface area contributed by atoms with Crippen molar-refractivity contribution >= 4 is 30.7 Å². The fraction of sp³-hybridized carbons (Fsp3) is 0.588. The second-order valence-electron chi connectivity index (χ2n) is 5.80. The molecule has 1 fully saturated rings. The Morgan fingerprint density at radius 2 is 1.88 bits per heavy atom. The summed E-state index contributed by atoms with van der Waals surface area (Å²) >= 11 is 0. The van der Waals surface area contributed by atoms with E-state index in [0.717, 1.165) is 25.2 Å². The number of nitrogens with one attached hydrogen (secondary N) is 2. The van der Waals surface area contributed by atoms with E-state index in [1.54, 1.807) is 0 Å². The van der Waals surface area contributed by atoms with Crippen molar-refractivity contribution in [2.75, 3.05) is 19.6 Å². The maximum Gasteiger partial charge on any atom is 0.237 e. The summed E-state index contributed by atoms with van der Waals surface area (Å²) < 4.78 is 0. The average Bonchev–Trinajstić information content (AvgIpc) is 2.97. The Morgan fingerprint density at radius 1 is 1.25 bits per heavy atom. The molecule has 0 aromatic heterocycles. The highest BCUT2D eigenvalue weighted by atomic mass is 35.5. The molecule has 138 valence electrons. The molecule has 0 radical (unpaired) electrons. The summed E-state index contributed by atoms with van der Waals surface area (Å²) in [5.74, 6) is -0.0332. The SMILES string of the molecule is CCN(CC)Cc1ccccc1CNC(=O)C1CC(O)CN1.Cl.Cl. The maximum atomic E-state index is 12.1. The van der Waals surface area contributed by atoms with E-state index in [-0.39, 0.29) is 36.8 Å². The van der Waals surface area contributed by atoms with Crippen LogP contribution in [0.3, 0.4) is 0 Å². The molecule has 1 heterocycles. The molecule has 1 aromatic rings. The third kappa shape index (κ3) is 6.57. The summed E-state index contributed by atoms with van der Waals surface area (Å²) in [5, 5.41) is 15.5. The van der Waals surface area contributed by atoms with Crippen LogP contribution in [0.1, 0.15) is 31.4 Å². The predicted octanol–water partition coefficient (Wildman–Crippen LogP) is 1.71. The number of carbonyl (C=O) groups is 1. The number of aliphatic hydroxyl groups excluding tert-OH is 1. The van der Waals surface area contributed by atoms with Crippen molar-refractivity contribution in [2.45, 2.75) is 45.5 Å². The van der Waals surface area contributed by atoms with E-state index in [4.69, 9.17) is 0 Å². The summed E-state index contributed by atoms with van der Waals surface area (Å²) in [5.41, 5.74) is 2.41. The van der Waals surface area contributed by atoms with E-state index in [9.17, 15) is 9.90 Å². The van der Waals surface area contributed by atoms with Gasteiger partial charge in [-0.05, 0) is 30.6 Å². The number of hydrogen-bond acceptors (Lipinski definition) is 4. The molecule has 2 atom stereocenters. The Kier molecular flexibility index (Phi) is 11.2. The molecule has 0 spiro atoms. The van der Waals surface area contributed by atoms with Crippen LogP contribution in [0, 0.1) is 0 Å². The van der Waals surface area contributed by atoms with Crippen LogP contribution >= 0.6 is 24.8 Å². The average molecular weight is 378 g/mol. The van der Waals surface area contributed by atoms with Crippen LogP contribution < -0.4 is 10.6 Å². The number of carbonyl (C=O) groups excluding carboxylic acids is 1. The largest absolute Gasteiger partial charge is 0.392 e. The molecule has 1 amide bonds. The summed E-state index contributed by atoms with van der Waals surface area (Å²) in [6.45, 7) is 8.28. The van der Waals surface area contributed by atoms with Gasteiger partial charge in [-0.25, -0.2) is 0 Å². The minimum absolute atomic E-state index is 0. The number of aliphatic hydroxyl groups is 1. The van der Waals surface area contributed by atoms with Gasteiger partial charge in [0.1, 0.15) is 0 Å². The first-order valence-electron chi connectivity index (χ1n) is 8.12. The Labute approximate surface area is 157 Å². The van der Waals surface area contributed by atoms with Crippen LogP contribution in [-0.2, 0) is 17.9 Å². The van der Waals surface area contributed by atoms with Gasteiger partial charge in [0.25, 0.3) is 0 Å².